The van der Waals surface area contributed by atoms with Crippen molar-refractivity contribution in [2.24, 2.45) is 0 Å². The summed E-state index contributed by atoms with van der Waals surface area (Å²) in [4.78, 5) is 0. The van der Waals surface area contributed by atoms with Crippen LogP contribution >= 0.6 is 11.7 Å². The van der Waals surface area contributed by atoms with Gasteiger partial charge < -0.3 is 5.32 Å². The summed E-state index contributed by atoms with van der Waals surface area (Å²) in [5, 5.41) is 5.99. The average Bonchev–Trinajstić information content (AvgIpc) is 2.98. The molecule has 0 aliphatic rings. The van der Waals surface area contributed by atoms with Gasteiger partial charge >= 0.3 is 0 Å². The number of nitrogens with zero attached hydrogens (tertiary/aromatic N) is 2. The van der Waals surface area contributed by atoms with Gasteiger partial charge in [0.05, 0.1) is 29.7 Å². The molecular weight excluding hydrogens is 254 g/mol. The molecule has 0 aliphatic carbocycles. The molecule has 3 nitrogen and oxygen atoms in total. The Labute approximate surface area is 116 Å². The van der Waals surface area contributed by atoms with E-state index >= 15 is 0 Å². The average molecular weight is 269 g/mol. The van der Waals surface area contributed by atoms with Crippen molar-refractivity contribution in [3.05, 3.63) is 59.9 Å². The van der Waals surface area contributed by atoms with Crippen molar-refractivity contribution in [3.8, 4) is 0 Å². The standard InChI is InChI=1S/C15H15N3S/c1-2-16-15(14-10-17-19-18-14)13-8-7-11-5-3-4-6-12(11)9-13/h3-10,15-16H,2H2,1H3. The largest absolute Gasteiger partial charge is 0.305 e. The zero-order chi connectivity index (χ0) is 13.1. The number of benzene rings is 2. The van der Waals surface area contributed by atoms with Crippen LogP contribution in [0.15, 0.2) is 48.7 Å². The highest BCUT2D eigenvalue weighted by molar-refractivity contribution is 6.99. The first-order chi connectivity index (χ1) is 9.38. The molecule has 2 aromatic carbocycles. The first kappa shape index (κ1) is 12.3. The van der Waals surface area contributed by atoms with E-state index in [9.17, 15) is 0 Å². The van der Waals surface area contributed by atoms with Crippen LogP contribution in [0.2, 0.25) is 0 Å². The van der Waals surface area contributed by atoms with Crippen molar-refractivity contribution in [1.82, 2.24) is 14.1 Å². The second kappa shape index (κ2) is 5.47. The van der Waals surface area contributed by atoms with Crippen LogP contribution in [0.3, 0.4) is 0 Å². The minimum Gasteiger partial charge on any atom is -0.305 e. The van der Waals surface area contributed by atoms with Crippen molar-refractivity contribution >= 4 is 22.5 Å². The lowest BCUT2D eigenvalue weighted by Gasteiger charge is -2.16. The lowest BCUT2D eigenvalue weighted by atomic mass is 10.00. The highest BCUT2D eigenvalue weighted by Crippen LogP contribution is 2.24. The maximum atomic E-state index is 4.36. The summed E-state index contributed by atoms with van der Waals surface area (Å²) in [7, 11) is 0. The van der Waals surface area contributed by atoms with Gasteiger partial charge in [-0.25, -0.2) is 0 Å². The minimum absolute atomic E-state index is 0.119. The van der Waals surface area contributed by atoms with E-state index in [2.05, 4.69) is 63.5 Å². The maximum Gasteiger partial charge on any atom is 0.0957 e. The van der Waals surface area contributed by atoms with Gasteiger partial charge in [0.2, 0.25) is 0 Å². The summed E-state index contributed by atoms with van der Waals surface area (Å²) in [6, 6.07) is 15.1. The Hall–Kier alpha value is -1.78. The summed E-state index contributed by atoms with van der Waals surface area (Å²) >= 11 is 1.25. The van der Waals surface area contributed by atoms with E-state index in [-0.39, 0.29) is 6.04 Å². The summed E-state index contributed by atoms with van der Waals surface area (Å²) in [5.41, 5.74) is 2.22. The summed E-state index contributed by atoms with van der Waals surface area (Å²) < 4.78 is 8.46. The highest BCUT2D eigenvalue weighted by atomic mass is 32.1. The van der Waals surface area contributed by atoms with E-state index in [0.29, 0.717) is 0 Å². The fourth-order valence-electron chi connectivity index (χ4n) is 2.28. The Bertz CT molecular complexity index is 664. The molecule has 0 saturated carbocycles. The molecular formula is C15H15N3S. The molecule has 1 heterocycles. The smallest absolute Gasteiger partial charge is 0.0957 e. The van der Waals surface area contributed by atoms with Gasteiger partial charge in [-0.3, -0.25) is 0 Å². The van der Waals surface area contributed by atoms with Crippen LogP contribution in [0.4, 0.5) is 0 Å². The molecule has 0 spiro atoms. The Balaban J connectivity index is 2.05. The fraction of sp³-hybridized carbons (Fsp3) is 0.200. The van der Waals surface area contributed by atoms with Crippen molar-refractivity contribution in [2.45, 2.75) is 13.0 Å². The molecule has 4 heteroatoms. The third-order valence-electron chi connectivity index (χ3n) is 3.19. The zero-order valence-electron chi connectivity index (χ0n) is 10.7. The predicted molar refractivity (Wildman–Crippen MR) is 79.4 cm³/mol. The normalized spacial score (nSPS) is 12.7. The van der Waals surface area contributed by atoms with E-state index in [4.69, 9.17) is 0 Å². The Morgan fingerprint density at radius 3 is 2.74 bits per heavy atom. The molecule has 0 saturated heterocycles. The van der Waals surface area contributed by atoms with Crippen LogP contribution in [0.25, 0.3) is 10.8 Å². The predicted octanol–water partition coefficient (Wildman–Crippen LogP) is 3.39. The van der Waals surface area contributed by atoms with Gasteiger partial charge in [-0.2, -0.15) is 8.75 Å². The van der Waals surface area contributed by atoms with Crippen LogP contribution in [0, 0.1) is 0 Å². The van der Waals surface area contributed by atoms with Crippen LogP contribution in [0.1, 0.15) is 24.2 Å². The van der Waals surface area contributed by atoms with E-state index in [1.54, 1.807) is 0 Å². The molecule has 1 atom stereocenters. The van der Waals surface area contributed by atoms with Gasteiger partial charge in [-0.05, 0) is 28.9 Å². The Morgan fingerprint density at radius 2 is 2.00 bits per heavy atom. The molecule has 0 fully saturated rings. The second-order valence-electron chi connectivity index (χ2n) is 4.43. The Morgan fingerprint density at radius 1 is 1.16 bits per heavy atom. The van der Waals surface area contributed by atoms with Crippen molar-refractivity contribution in [2.75, 3.05) is 6.54 Å². The van der Waals surface area contributed by atoms with Gasteiger partial charge in [0.15, 0.2) is 0 Å². The molecule has 3 aromatic rings. The summed E-state index contributed by atoms with van der Waals surface area (Å²) in [6.45, 7) is 3.00. The van der Waals surface area contributed by atoms with Gasteiger partial charge in [0, 0.05) is 0 Å². The number of aromatic nitrogens is 2. The molecule has 96 valence electrons. The number of fused-ring (bicyclic) bond motifs is 1. The number of rotatable bonds is 4. The number of hydrogen-bond donors (Lipinski definition) is 1. The van der Waals surface area contributed by atoms with Crippen molar-refractivity contribution in [3.63, 3.8) is 0 Å². The van der Waals surface area contributed by atoms with E-state index < -0.39 is 0 Å². The van der Waals surface area contributed by atoms with Gasteiger partial charge in [-0.15, -0.1) is 0 Å². The lowest BCUT2D eigenvalue weighted by Crippen LogP contribution is -2.22. The van der Waals surface area contributed by atoms with Gasteiger partial charge in [0.1, 0.15) is 0 Å². The third kappa shape index (κ3) is 2.50. The van der Waals surface area contributed by atoms with Crippen molar-refractivity contribution in [1.29, 1.82) is 0 Å². The first-order valence-electron chi connectivity index (χ1n) is 6.38. The minimum atomic E-state index is 0.119. The number of hydrogen-bond acceptors (Lipinski definition) is 4. The van der Waals surface area contributed by atoms with Crippen LogP contribution < -0.4 is 5.32 Å². The Kier molecular flexibility index (Phi) is 3.53. The van der Waals surface area contributed by atoms with Crippen molar-refractivity contribution < 1.29 is 0 Å². The quantitative estimate of drug-likeness (QED) is 0.789. The molecule has 19 heavy (non-hydrogen) atoms. The molecule has 3 rings (SSSR count). The lowest BCUT2D eigenvalue weighted by molar-refractivity contribution is 0.620. The van der Waals surface area contributed by atoms with Gasteiger partial charge in [-0.1, -0.05) is 43.3 Å². The molecule has 0 radical (unpaired) electrons. The second-order valence-corrected chi connectivity index (χ2v) is 4.99. The first-order valence-corrected chi connectivity index (χ1v) is 7.11. The molecule has 1 aromatic heterocycles. The summed E-state index contributed by atoms with van der Waals surface area (Å²) in [5.74, 6) is 0. The zero-order valence-corrected chi connectivity index (χ0v) is 11.5. The van der Waals surface area contributed by atoms with Crippen LogP contribution in [-0.4, -0.2) is 15.3 Å². The topological polar surface area (TPSA) is 37.8 Å². The summed E-state index contributed by atoms with van der Waals surface area (Å²) in [6.07, 6.45) is 1.84. The van der Waals surface area contributed by atoms with Crippen LogP contribution in [-0.2, 0) is 0 Å². The van der Waals surface area contributed by atoms with Gasteiger partial charge in [0.25, 0.3) is 0 Å². The maximum absolute atomic E-state index is 4.36. The third-order valence-corrected chi connectivity index (χ3v) is 3.68. The molecule has 0 aliphatic heterocycles. The monoisotopic (exact) mass is 269 g/mol. The SMILES string of the molecule is CCNC(c1ccc2ccccc2c1)c1cnsn1. The molecule has 1 N–H and O–H groups in total. The number of nitrogens with one attached hydrogen (secondary N) is 1. The van der Waals surface area contributed by atoms with E-state index in [1.165, 1.54) is 28.1 Å². The molecule has 0 amide bonds. The molecule has 0 bridgehead atoms. The fourth-order valence-corrected chi connectivity index (χ4v) is 2.73. The van der Waals surface area contributed by atoms with E-state index in [1.807, 2.05) is 6.20 Å². The van der Waals surface area contributed by atoms with Crippen LogP contribution in [0.5, 0.6) is 0 Å². The highest BCUT2D eigenvalue weighted by Gasteiger charge is 2.15. The molecule has 1 unspecified atom stereocenters. The van der Waals surface area contributed by atoms with E-state index in [0.717, 1.165) is 12.2 Å².